The van der Waals surface area contributed by atoms with E-state index in [-0.39, 0.29) is 0 Å². The molecular weight excluding hydrogens is 701 g/mol. The Morgan fingerprint density at radius 3 is 1.68 bits per heavy atom. The second kappa shape index (κ2) is 12.3. The first-order valence-corrected chi connectivity index (χ1v) is 19.0. The van der Waals surface area contributed by atoms with Crippen LogP contribution in [0.15, 0.2) is 191 Å². The predicted molar refractivity (Wildman–Crippen MR) is 230 cm³/mol. The molecule has 6 nitrogen and oxygen atoms in total. The molecule has 0 amide bonds. The molecule has 6 heteroatoms. The van der Waals surface area contributed by atoms with Crippen LogP contribution in [-0.2, 0) is 0 Å². The van der Waals surface area contributed by atoms with Gasteiger partial charge in [0.25, 0.3) is 0 Å². The van der Waals surface area contributed by atoms with Crippen molar-refractivity contribution in [3.63, 3.8) is 0 Å². The minimum Gasteiger partial charge on any atom is -0.456 e. The molecule has 0 saturated carbocycles. The summed E-state index contributed by atoms with van der Waals surface area (Å²) >= 11 is 0. The molecule has 57 heavy (non-hydrogen) atoms. The number of nitrogens with zero attached hydrogens (tertiary/aromatic N) is 4. The van der Waals surface area contributed by atoms with Crippen molar-refractivity contribution in [2.24, 2.45) is 0 Å². The van der Waals surface area contributed by atoms with Crippen molar-refractivity contribution >= 4 is 65.7 Å². The maximum Gasteiger partial charge on any atom is 0.164 e. The highest BCUT2D eigenvalue weighted by molar-refractivity contribution is 6.17. The molecule has 0 aliphatic heterocycles. The molecule has 0 aliphatic carbocycles. The zero-order valence-corrected chi connectivity index (χ0v) is 30.4. The SMILES string of the molecule is c1ccc(-c2cccc(-n3c4ccccc4c4cc5c(cc43)oc3ccc(-c4nc(-c6ccccc6)nc(-c6ccc7c(c6)oc6ccccc67)n4)cc35)c2)cc1. The van der Waals surface area contributed by atoms with Crippen LogP contribution in [-0.4, -0.2) is 19.5 Å². The van der Waals surface area contributed by atoms with Crippen LogP contribution in [0.3, 0.4) is 0 Å². The van der Waals surface area contributed by atoms with E-state index >= 15 is 0 Å². The summed E-state index contributed by atoms with van der Waals surface area (Å²) in [6.45, 7) is 0. The van der Waals surface area contributed by atoms with E-state index < -0.39 is 0 Å². The van der Waals surface area contributed by atoms with Crippen LogP contribution in [0, 0.1) is 0 Å². The molecule has 0 N–H and O–H groups in total. The van der Waals surface area contributed by atoms with E-state index in [1.54, 1.807) is 0 Å². The summed E-state index contributed by atoms with van der Waals surface area (Å²) in [4.78, 5) is 15.1. The van der Waals surface area contributed by atoms with Crippen LogP contribution >= 0.6 is 0 Å². The van der Waals surface area contributed by atoms with Crippen molar-refractivity contribution in [2.75, 3.05) is 0 Å². The summed E-state index contributed by atoms with van der Waals surface area (Å²) in [5.41, 5.74) is 11.6. The largest absolute Gasteiger partial charge is 0.456 e. The van der Waals surface area contributed by atoms with Gasteiger partial charge in [0, 0.05) is 60.8 Å². The Morgan fingerprint density at radius 1 is 0.298 bits per heavy atom. The number of para-hydroxylation sites is 2. The van der Waals surface area contributed by atoms with Gasteiger partial charge in [0.1, 0.15) is 22.3 Å². The minimum absolute atomic E-state index is 0.573. The van der Waals surface area contributed by atoms with Crippen molar-refractivity contribution in [3.05, 3.63) is 182 Å². The molecule has 12 aromatic rings. The van der Waals surface area contributed by atoms with Crippen LogP contribution in [0.4, 0.5) is 0 Å². The van der Waals surface area contributed by atoms with Crippen molar-refractivity contribution in [3.8, 4) is 51.0 Å². The van der Waals surface area contributed by atoms with Crippen molar-refractivity contribution < 1.29 is 8.83 Å². The highest BCUT2D eigenvalue weighted by Gasteiger charge is 2.19. The maximum atomic E-state index is 6.61. The summed E-state index contributed by atoms with van der Waals surface area (Å²) < 4.78 is 15.2. The number of fused-ring (bicyclic) bond motifs is 9. The van der Waals surface area contributed by atoms with Gasteiger partial charge >= 0.3 is 0 Å². The maximum absolute atomic E-state index is 6.61. The lowest BCUT2D eigenvalue weighted by Crippen LogP contribution is -2.00. The van der Waals surface area contributed by atoms with Crippen LogP contribution < -0.4 is 0 Å². The number of hydrogen-bond donors (Lipinski definition) is 0. The number of furan rings is 2. The summed E-state index contributed by atoms with van der Waals surface area (Å²) in [7, 11) is 0. The topological polar surface area (TPSA) is 69.9 Å². The number of rotatable bonds is 5. The molecule has 0 spiro atoms. The summed E-state index contributed by atoms with van der Waals surface area (Å²) in [6.07, 6.45) is 0. The third-order valence-corrected chi connectivity index (χ3v) is 11.0. The smallest absolute Gasteiger partial charge is 0.164 e. The first-order chi connectivity index (χ1) is 28.2. The average molecular weight is 731 g/mol. The summed E-state index contributed by atoms with van der Waals surface area (Å²) in [5, 5.41) is 6.52. The molecule has 12 rings (SSSR count). The second-order valence-corrected chi connectivity index (χ2v) is 14.4. The fraction of sp³-hybridized carbons (Fsp3) is 0. The fourth-order valence-electron chi connectivity index (χ4n) is 8.33. The normalized spacial score (nSPS) is 11.9. The zero-order valence-electron chi connectivity index (χ0n) is 30.4. The Hall–Kier alpha value is -7.83. The van der Waals surface area contributed by atoms with E-state index in [4.69, 9.17) is 23.8 Å². The Kier molecular flexibility index (Phi) is 6.83. The van der Waals surface area contributed by atoms with Crippen molar-refractivity contribution in [2.45, 2.75) is 0 Å². The van der Waals surface area contributed by atoms with E-state index in [0.717, 1.165) is 82.7 Å². The molecule has 4 heterocycles. The Labute approximate surface area is 325 Å². The van der Waals surface area contributed by atoms with E-state index in [0.29, 0.717) is 17.5 Å². The minimum atomic E-state index is 0.573. The van der Waals surface area contributed by atoms with Crippen LogP contribution in [0.5, 0.6) is 0 Å². The Morgan fingerprint density at radius 2 is 0.877 bits per heavy atom. The number of aromatic nitrogens is 4. The highest BCUT2D eigenvalue weighted by atomic mass is 16.3. The van der Waals surface area contributed by atoms with Crippen molar-refractivity contribution in [1.29, 1.82) is 0 Å². The van der Waals surface area contributed by atoms with E-state index in [1.165, 1.54) is 16.5 Å². The number of hydrogen-bond acceptors (Lipinski definition) is 5. The third-order valence-electron chi connectivity index (χ3n) is 11.0. The average Bonchev–Trinajstić information content (AvgIpc) is 3.94. The van der Waals surface area contributed by atoms with Gasteiger partial charge in [-0.2, -0.15) is 0 Å². The lowest BCUT2D eigenvalue weighted by atomic mass is 10.0. The van der Waals surface area contributed by atoms with Crippen LogP contribution in [0.25, 0.3) is 117 Å². The molecule has 8 aromatic carbocycles. The first kappa shape index (κ1) is 31.5. The molecule has 0 bridgehead atoms. The molecule has 4 aromatic heterocycles. The standard InChI is InChI=1S/C51H30N4O2/c1-3-12-31(13-4-1)33-16-11-17-36(26-33)55-43-20-9-7-18-37(43)40-29-42-41-27-34(23-25-46(41)57-48(42)30-44(40)55)50-52-49(32-14-5-2-6-15-32)53-51(54-50)35-22-24-39-38-19-8-10-21-45(38)56-47(39)28-35/h1-30H. The van der Waals surface area contributed by atoms with E-state index in [2.05, 4.69) is 120 Å². The first-order valence-electron chi connectivity index (χ1n) is 19.0. The summed E-state index contributed by atoms with van der Waals surface area (Å²) in [6, 6.07) is 62.8. The van der Waals surface area contributed by atoms with Gasteiger partial charge in [-0.1, -0.05) is 115 Å². The van der Waals surface area contributed by atoms with Gasteiger partial charge in [-0.05, 0) is 71.8 Å². The van der Waals surface area contributed by atoms with Gasteiger partial charge in [-0.3, -0.25) is 0 Å². The Bertz CT molecular complexity index is 3530. The van der Waals surface area contributed by atoms with Gasteiger partial charge in [-0.15, -0.1) is 0 Å². The number of benzene rings is 8. The highest BCUT2D eigenvalue weighted by Crippen LogP contribution is 2.40. The third kappa shape index (κ3) is 5.08. The molecule has 0 radical (unpaired) electrons. The van der Waals surface area contributed by atoms with E-state index in [1.807, 2.05) is 66.7 Å². The summed E-state index contributed by atoms with van der Waals surface area (Å²) in [5.74, 6) is 1.75. The zero-order chi connectivity index (χ0) is 37.5. The van der Waals surface area contributed by atoms with Gasteiger partial charge in [0.2, 0.25) is 0 Å². The van der Waals surface area contributed by atoms with Crippen LogP contribution in [0.1, 0.15) is 0 Å². The lowest BCUT2D eigenvalue weighted by Gasteiger charge is -2.10. The van der Waals surface area contributed by atoms with Gasteiger partial charge in [0.05, 0.1) is 11.0 Å². The van der Waals surface area contributed by atoms with Gasteiger partial charge in [-0.25, -0.2) is 15.0 Å². The molecule has 0 aliphatic rings. The van der Waals surface area contributed by atoms with Crippen LogP contribution in [0.2, 0.25) is 0 Å². The Balaban J connectivity index is 1.03. The molecule has 0 unspecified atom stereocenters. The van der Waals surface area contributed by atoms with Crippen molar-refractivity contribution in [1.82, 2.24) is 19.5 Å². The monoisotopic (exact) mass is 730 g/mol. The fourth-order valence-corrected chi connectivity index (χ4v) is 8.33. The second-order valence-electron chi connectivity index (χ2n) is 14.4. The van der Waals surface area contributed by atoms with Gasteiger partial charge < -0.3 is 13.4 Å². The molecule has 0 atom stereocenters. The quantitative estimate of drug-likeness (QED) is 0.176. The molecule has 0 fully saturated rings. The molecular formula is C51H30N4O2. The molecule has 266 valence electrons. The van der Waals surface area contributed by atoms with Gasteiger partial charge in [0.15, 0.2) is 17.5 Å². The predicted octanol–water partition coefficient (Wildman–Crippen LogP) is 13.4. The van der Waals surface area contributed by atoms with E-state index in [9.17, 15) is 0 Å². The lowest BCUT2D eigenvalue weighted by molar-refractivity contribution is 0.668. The molecule has 0 saturated heterocycles.